The van der Waals surface area contributed by atoms with Gasteiger partial charge >= 0.3 is 0 Å². The molecule has 92 valence electrons. The van der Waals surface area contributed by atoms with Gasteiger partial charge in [-0.1, -0.05) is 13.8 Å². The Morgan fingerprint density at radius 1 is 1.44 bits per heavy atom. The van der Waals surface area contributed by atoms with Gasteiger partial charge in [0.25, 0.3) is 0 Å². The van der Waals surface area contributed by atoms with Gasteiger partial charge in [-0.3, -0.25) is 5.10 Å². The van der Waals surface area contributed by atoms with Crippen LogP contribution in [0.15, 0.2) is 6.07 Å². The Morgan fingerprint density at radius 3 is 2.56 bits per heavy atom. The van der Waals surface area contributed by atoms with Crippen molar-refractivity contribution in [2.45, 2.75) is 26.2 Å². The topological polar surface area (TPSA) is 72.0 Å². The molecule has 0 saturated heterocycles. The highest BCUT2D eigenvalue weighted by molar-refractivity contribution is 5.85. The van der Waals surface area contributed by atoms with Crippen LogP contribution < -0.4 is 5.73 Å². The molecule has 16 heavy (non-hydrogen) atoms. The number of aromatic amines is 1. The first-order chi connectivity index (χ1) is 6.53. The van der Waals surface area contributed by atoms with Crippen molar-refractivity contribution in [1.82, 2.24) is 19.8 Å². The second kappa shape index (κ2) is 5.03. The van der Waals surface area contributed by atoms with Crippen molar-refractivity contribution in [2.24, 2.45) is 5.73 Å². The lowest BCUT2D eigenvalue weighted by molar-refractivity contribution is 0.499. The molecule has 2 aromatic heterocycles. The van der Waals surface area contributed by atoms with Gasteiger partial charge in [-0.2, -0.15) is 4.63 Å². The summed E-state index contributed by atoms with van der Waals surface area (Å²) in [6.45, 7) is 6.59. The van der Waals surface area contributed by atoms with Crippen LogP contribution in [-0.4, -0.2) is 26.4 Å². The molecule has 0 radical (unpaired) electrons. The number of halogens is 2. The summed E-state index contributed by atoms with van der Waals surface area (Å²) in [4.78, 5) is 4.42. The van der Waals surface area contributed by atoms with E-state index >= 15 is 0 Å². The lowest BCUT2D eigenvalue weighted by atomic mass is 9.93. The quantitative estimate of drug-likeness (QED) is 0.864. The highest BCUT2D eigenvalue weighted by Crippen LogP contribution is 2.18. The molecule has 7 heteroatoms. The molecule has 0 saturated carbocycles. The Hall–Kier alpha value is -0.780. The molecule has 0 amide bonds. The number of nitrogens with two attached hydrogens (primary N) is 1. The van der Waals surface area contributed by atoms with Crippen molar-refractivity contribution in [3.63, 3.8) is 0 Å². The van der Waals surface area contributed by atoms with Crippen LogP contribution in [0, 0.1) is 6.92 Å². The molecule has 2 rings (SSSR count). The van der Waals surface area contributed by atoms with E-state index in [0.29, 0.717) is 6.54 Å². The van der Waals surface area contributed by atoms with E-state index in [0.717, 1.165) is 17.2 Å². The van der Waals surface area contributed by atoms with Crippen LogP contribution in [0.2, 0.25) is 0 Å². The molecule has 0 unspecified atom stereocenters. The van der Waals surface area contributed by atoms with Crippen LogP contribution in [0.25, 0.3) is 5.65 Å². The second-order valence-corrected chi connectivity index (χ2v) is 4.23. The van der Waals surface area contributed by atoms with Crippen LogP contribution in [-0.2, 0) is 5.41 Å². The van der Waals surface area contributed by atoms with Crippen LogP contribution in [0.4, 0.5) is 0 Å². The zero-order valence-electron chi connectivity index (χ0n) is 9.52. The number of hydrogen-bond acceptors (Lipinski definition) is 3. The third-order valence-corrected chi connectivity index (χ3v) is 2.38. The van der Waals surface area contributed by atoms with Gasteiger partial charge in [0.05, 0.1) is 0 Å². The largest absolute Gasteiger partial charge is 0.329 e. The molecule has 0 bridgehead atoms. The SMILES string of the molecule is Cc1cc2nc(C(C)(C)CN)nn2[nH]1.Cl.Cl. The van der Waals surface area contributed by atoms with Crippen molar-refractivity contribution in [3.05, 3.63) is 17.6 Å². The van der Waals surface area contributed by atoms with Gasteiger partial charge in [0, 0.05) is 23.7 Å². The molecule has 2 heterocycles. The normalized spacial score (nSPS) is 11.0. The Balaban J connectivity index is 0.00000112. The highest BCUT2D eigenvalue weighted by Gasteiger charge is 2.24. The minimum atomic E-state index is -0.166. The maximum atomic E-state index is 5.66. The predicted octanol–water partition coefficient (Wildman–Crippen LogP) is 1.45. The molecule has 0 atom stereocenters. The van der Waals surface area contributed by atoms with Crippen molar-refractivity contribution in [1.29, 1.82) is 0 Å². The van der Waals surface area contributed by atoms with Crippen LogP contribution >= 0.6 is 24.8 Å². The fraction of sp³-hybridized carbons (Fsp3) is 0.556. The van der Waals surface area contributed by atoms with Crippen LogP contribution in [0.5, 0.6) is 0 Å². The van der Waals surface area contributed by atoms with Crippen LogP contribution in [0.1, 0.15) is 25.4 Å². The van der Waals surface area contributed by atoms with Gasteiger partial charge in [0.1, 0.15) is 0 Å². The molecule has 0 aliphatic rings. The summed E-state index contributed by atoms with van der Waals surface area (Å²) >= 11 is 0. The van der Waals surface area contributed by atoms with Crippen molar-refractivity contribution >= 4 is 30.5 Å². The molecule has 0 spiro atoms. The smallest absolute Gasteiger partial charge is 0.175 e. The van der Waals surface area contributed by atoms with E-state index in [1.54, 1.807) is 4.63 Å². The summed E-state index contributed by atoms with van der Waals surface area (Å²) in [5.41, 5.74) is 7.39. The average molecular weight is 266 g/mol. The first-order valence-electron chi connectivity index (χ1n) is 4.66. The van der Waals surface area contributed by atoms with E-state index in [-0.39, 0.29) is 30.2 Å². The fourth-order valence-corrected chi connectivity index (χ4v) is 1.27. The molecule has 3 N–H and O–H groups in total. The summed E-state index contributed by atoms with van der Waals surface area (Å²) in [6.07, 6.45) is 0. The third-order valence-electron chi connectivity index (χ3n) is 2.38. The molecular weight excluding hydrogens is 249 g/mol. The summed E-state index contributed by atoms with van der Waals surface area (Å²) in [5.74, 6) is 0.784. The minimum Gasteiger partial charge on any atom is -0.329 e. The molecule has 0 aliphatic heterocycles. The summed E-state index contributed by atoms with van der Waals surface area (Å²) in [5, 5.41) is 7.42. The van der Waals surface area contributed by atoms with Gasteiger partial charge in [-0.25, -0.2) is 4.98 Å². The zero-order valence-corrected chi connectivity index (χ0v) is 11.2. The standard InChI is InChI=1S/C9H15N5.2ClH/c1-6-4-7-11-8(9(2,3)5-10)13-14(7)12-6;;/h4,12H,5,10H2,1-3H3;2*1H. The number of aromatic nitrogens is 4. The second-order valence-electron chi connectivity index (χ2n) is 4.23. The zero-order chi connectivity index (χ0) is 10.3. The number of nitrogens with zero attached hydrogens (tertiary/aromatic N) is 3. The fourth-order valence-electron chi connectivity index (χ4n) is 1.27. The van der Waals surface area contributed by atoms with Crippen LogP contribution in [0.3, 0.4) is 0 Å². The number of H-pyrrole nitrogens is 1. The number of aryl methyl sites for hydroxylation is 1. The number of rotatable bonds is 2. The first-order valence-corrected chi connectivity index (χ1v) is 4.66. The lowest BCUT2D eigenvalue weighted by Crippen LogP contribution is -2.29. The third kappa shape index (κ3) is 2.48. The Kier molecular flexibility index (Phi) is 4.79. The van der Waals surface area contributed by atoms with Gasteiger partial charge < -0.3 is 5.73 Å². The maximum absolute atomic E-state index is 5.66. The predicted molar refractivity (Wildman–Crippen MR) is 68.7 cm³/mol. The van der Waals surface area contributed by atoms with Gasteiger partial charge in [-0.15, -0.1) is 29.9 Å². The molecule has 0 aromatic carbocycles. The van der Waals surface area contributed by atoms with Crippen molar-refractivity contribution in [2.75, 3.05) is 6.54 Å². The first kappa shape index (κ1) is 15.2. The lowest BCUT2D eigenvalue weighted by Gasteiger charge is -2.17. The summed E-state index contributed by atoms with van der Waals surface area (Å²) < 4.78 is 1.68. The van der Waals surface area contributed by atoms with E-state index in [9.17, 15) is 0 Å². The Labute approximate surface area is 107 Å². The van der Waals surface area contributed by atoms with E-state index < -0.39 is 0 Å². The van der Waals surface area contributed by atoms with Gasteiger partial charge in [0.15, 0.2) is 11.5 Å². The molecule has 0 aliphatic carbocycles. The summed E-state index contributed by atoms with van der Waals surface area (Å²) in [7, 11) is 0. The molecule has 2 aromatic rings. The van der Waals surface area contributed by atoms with Gasteiger partial charge in [0.2, 0.25) is 0 Å². The van der Waals surface area contributed by atoms with Crippen molar-refractivity contribution < 1.29 is 0 Å². The van der Waals surface area contributed by atoms with Gasteiger partial charge in [-0.05, 0) is 6.92 Å². The molecular formula is C9H17Cl2N5. The minimum absolute atomic E-state index is 0. The monoisotopic (exact) mass is 265 g/mol. The number of hydrogen-bond donors (Lipinski definition) is 2. The van der Waals surface area contributed by atoms with E-state index in [1.165, 1.54) is 0 Å². The number of fused-ring (bicyclic) bond motifs is 1. The highest BCUT2D eigenvalue weighted by atomic mass is 35.5. The van der Waals surface area contributed by atoms with E-state index in [1.807, 2.05) is 26.8 Å². The summed E-state index contributed by atoms with van der Waals surface area (Å²) in [6, 6.07) is 1.96. The van der Waals surface area contributed by atoms with E-state index in [4.69, 9.17) is 5.73 Å². The maximum Gasteiger partial charge on any atom is 0.175 e. The molecule has 0 fully saturated rings. The Morgan fingerprint density at radius 2 is 2.06 bits per heavy atom. The average Bonchev–Trinajstić information content (AvgIpc) is 2.61. The Bertz CT molecular complexity index is 428. The van der Waals surface area contributed by atoms with Crippen molar-refractivity contribution in [3.8, 4) is 0 Å². The molecule has 5 nitrogen and oxygen atoms in total. The number of nitrogens with one attached hydrogen (secondary N) is 1. The van der Waals surface area contributed by atoms with E-state index in [2.05, 4.69) is 15.2 Å².